The number of halogens is 3. The van der Waals surface area contributed by atoms with Crippen molar-refractivity contribution in [2.75, 3.05) is 0 Å². The van der Waals surface area contributed by atoms with E-state index >= 15 is 0 Å². The van der Waals surface area contributed by atoms with Crippen molar-refractivity contribution < 1.29 is 13.2 Å². The van der Waals surface area contributed by atoms with E-state index in [-0.39, 0.29) is 18.7 Å². The Morgan fingerprint density at radius 3 is 2.47 bits per heavy atom. The minimum absolute atomic E-state index is 0.0454. The fraction of sp³-hybridized carbons (Fsp3) is 0.385. The van der Waals surface area contributed by atoms with Gasteiger partial charge in [-0.15, -0.1) is 0 Å². The Morgan fingerprint density at radius 2 is 1.89 bits per heavy atom. The first-order valence-corrected chi connectivity index (χ1v) is 6.01. The van der Waals surface area contributed by atoms with Crippen LogP contribution >= 0.6 is 0 Å². The third-order valence-corrected chi connectivity index (χ3v) is 3.52. The quantitative estimate of drug-likeness (QED) is 0.928. The van der Waals surface area contributed by atoms with Gasteiger partial charge in [-0.2, -0.15) is 13.2 Å². The number of rotatable bonds is 3. The highest BCUT2D eigenvalue weighted by molar-refractivity contribution is 5.26. The lowest BCUT2D eigenvalue weighted by molar-refractivity contribution is -0.162. The number of aromatic amines is 1. The van der Waals surface area contributed by atoms with E-state index in [0.29, 0.717) is 12.1 Å². The first-order chi connectivity index (χ1) is 9.01. The first-order valence-electron chi connectivity index (χ1n) is 6.01. The van der Waals surface area contributed by atoms with Gasteiger partial charge in [0.05, 0.1) is 0 Å². The van der Waals surface area contributed by atoms with Crippen LogP contribution in [0.2, 0.25) is 0 Å². The van der Waals surface area contributed by atoms with Crippen LogP contribution in [0.5, 0.6) is 0 Å². The van der Waals surface area contributed by atoms with E-state index in [1.807, 2.05) is 12.1 Å². The van der Waals surface area contributed by atoms with E-state index in [0.717, 1.165) is 5.56 Å². The lowest BCUT2D eigenvalue weighted by Gasteiger charge is -2.16. The zero-order chi connectivity index (χ0) is 13.5. The van der Waals surface area contributed by atoms with Gasteiger partial charge in [-0.3, -0.25) is 4.98 Å². The molecule has 3 nitrogen and oxygen atoms in total. The third-order valence-electron chi connectivity index (χ3n) is 3.52. The van der Waals surface area contributed by atoms with Gasteiger partial charge < -0.3 is 4.98 Å². The molecule has 1 aliphatic carbocycles. The summed E-state index contributed by atoms with van der Waals surface area (Å²) in [5.74, 6) is 0.0454. The zero-order valence-corrected chi connectivity index (χ0v) is 10.0. The van der Waals surface area contributed by atoms with Gasteiger partial charge >= 0.3 is 6.18 Å². The van der Waals surface area contributed by atoms with E-state index in [1.165, 1.54) is 6.20 Å². The maximum atomic E-state index is 12.9. The summed E-state index contributed by atoms with van der Waals surface area (Å²) >= 11 is 0. The third kappa shape index (κ3) is 2.11. The Balaban J connectivity index is 1.81. The molecular formula is C13H12F3N3. The second kappa shape index (κ2) is 4.08. The number of nitrogens with zero attached hydrogens (tertiary/aromatic N) is 2. The second-order valence-electron chi connectivity index (χ2n) is 4.87. The molecule has 0 atom stereocenters. The zero-order valence-electron chi connectivity index (χ0n) is 10.0. The van der Waals surface area contributed by atoms with Crippen LogP contribution in [0, 0.1) is 0 Å². The van der Waals surface area contributed by atoms with Gasteiger partial charge in [-0.25, -0.2) is 4.98 Å². The van der Waals surface area contributed by atoms with Crippen molar-refractivity contribution in [1.82, 2.24) is 15.0 Å². The molecule has 0 aromatic carbocycles. The summed E-state index contributed by atoms with van der Waals surface area (Å²) in [5, 5.41) is 0. The van der Waals surface area contributed by atoms with E-state index in [2.05, 4.69) is 15.0 Å². The fourth-order valence-electron chi connectivity index (χ4n) is 2.19. The molecule has 0 saturated heterocycles. The van der Waals surface area contributed by atoms with Crippen molar-refractivity contribution in [3.05, 3.63) is 47.8 Å². The number of nitrogens with one attached hydrogen (secondary N) is 1. The number of hydrogen-bond donors (Lipinski definition) is 1. The number of hydrogen-bond acceptors (Lipinski definition) is 2. The Kier molecular flexibility index (Phi) is 2.62. The lowest BCUT2D eigenvalue weighted by Crippen LogP contribution is -2.29. The van der Waals surface area contributed by atoms with Crippen molar-refractivity contribution in [2.45, 2.75) is 30.9 Å². The Bertz CT molecular complexity index is 570. The highest BCUT2D eigenvalue weighted by Crippen LogP contribution is 2.57. The molecule has 19 heavy (non-hydrogen) atoms. The highest BCUT2D eigenvalue weighted by Gasteiger charge is 2.66. The molecule has 2 heterocycles. The summed E-state index contributed by atoms with van der Waals surface area (Å²) in [6.45, 7) is 0. The summed E-state index contributed by atoms with van der Waals surface area (Å²) < 4.78 is 38.8. The molecule has 1 fully saturated rings. The van der Waals surface area contributed by atoms with Crippen LogP contribution in [0.4, 0.5) is 13.2 Å². The van der Waals surface area contributed by atoms with Gasteiger partial charge in [-0.1, -0.05) is 0 Å². The first kappa shape index (κ1) is 12.2. The topological polar surface area (TPSA) is 41.6 Å². The van der Waals surface area contributed by atoms with Crippen molar-refractivity contribution in [3.63, 3.8) is 0 Å². The van der Waals surface area contributed by atoms with Gasteiger partial charge in [0.25, 0.3) is 0 Å². The molecule has 0 spiro atoms. The number of alkyl halides is 3. The van der Waals surface area contributed by atoms with Gasteiger partial charge in [0.15, 0.2) is 0 Å². The second-order valence-corrected chi connectivity index (χ2v) is 4.87. The molecule has 0 radical (unpaired) electrons. The monoisotopic (exact) mass is 267 g/mol. The van der Waals surface area contributed by atoms with Crippen molar-refractivity contribution in [3.8, 4) is 0 Å². The van der Waals surface area contributed by atoms with Crippen LogP contribution < -0.4 is 0 Å². The highest BCUT2D eigenvalue weighted by atomic mass is 19.4. The Labute approximate surface area is 107 Å². The van der Waals surface area contributed by atoms with Crippen LogP contribution in [0.1, 0.15) is 29.9 Å². The van der Waals surface area contributed by atoms with Gasteiger partial charge in [0, 0.05) is 30.7 Å². The summed E-state index contributed by atoms with van der Waals surface area (Å²) in [6, 6.07) is 3.66. The minimum atomic E-state index is -4.22. The molecule has 2 aromatic rings. The molecule has 2 aromatic heterocycles. The lowest BCUT2D eigenvalue weighted by atomic mass is 10.1. The number of H-pyrrole nitrogens is 1. The SMILES string of the molecule is FC(F)(F)C1(c2ncc(Cc3ccncc3)[nH]2)CC1. The largest absolute Gasteiger partial charge is 0.401 e. The van der Waals surface area contributed by atoms with Crippen LogP contribution in [0.3, 0.4) is 0 Å². The smallest absolute Gasteiger partial charge is 0.345 e. The molecular weight excluding hydrogens is 255 g/mol. The van der Waals surface area contributed by atoms with Gasteiger partial charge in [0.2, 0.25) is 0 Å². The predicted molar refractivity (Wildman–Crippen MR) is 62.6 cm³/mol. The Morgan fingerprint density at radius 1 is 1.21 bits per heavy atom. The van der Waals surface area contributed by atoms with E-state index in [9.17, 15) is 13.2 Å². The van der Waals surface area contributed by atoms with Crippen LogP contribution in [0.15, 0.2) is 30.7 Å². The van der Waals surface area contributed by atoms with Crippen molar-refractivity contribution in [1.29, 1.82) is 0 Å². The predicted octanol–water partition coefficient (Wildman–Crippen LogP) is 2.99. The van der Waals surface area contributed by atoms with Gasteiger partial charge in [0.1, 0.15) is 11.2 Å². The number of aromatic nitrogens is 3. The van der Waals surface area contributed by atoms with Crippen LogP contribution in [-0.4, -0.2) is 21.1 Å². The standard InChI is InChI=1S/C13H12F3N3/c14-13(15,16)12(3-4-12)11-18-8-10(19-11)7-9-1-5-17-6-2-9/h1-2,5-6,8H,3-4,7H2,(H,18,19). The normalized spacial score (nSPS) is 17.4. The van der Waals surface area contributed by atoms with E-state index < -0.39 is 11.6 Å². The maximum Gasteiger partial charge on any atom is 0.401 e. The molecule has 0 aliphatic heterocycles. The summed E-state index contributed by atoms with van der Waals surface area (Å²) in [7, 11) is 0. The maximum absolute atomic E-state index is 12.9. The molecule has 0 bridgehead atoms. The fourth-order valence-corrected chi connectivity index (χ4v) is 2.19. The average molecular weight is 267 g/mol. The molecule has 1 aliphatic rings. The van der Waals surface area contributed by atoms with Crippen molar-refractivity contribution in [2.24, 2.45) is 0 Å². The molecule has 1 N–H and O–H groups in total. The minimum Gasteiger partial charge on any atom is -0.345 e. The molecule has 100 valence electrons. The van der Waals surface area contributed by atoms with E-state index in [4.69, 9.17) is 0 Å². The molecule has 0 amide bonds. The molecule has 3 rings (SSSR count). The van der Waals surface area contributed by atoms with E-state index in [1.54, 1.807) is 12.4 Å². The summed E-state index contributed by atoms with van der Waals surface area (Å²) in [5.41, 5.74) is -0.0532. The number of pyridine rings is 1. The number of imidazole rings is 1. The van der Waals surface area contributed by atoms with Crippen LogP contribution in [-0.2, 0) is 11.8 Å². The average Bonchev–Trinajstić information content (AvgIpc) is 3.07. The molecule has 0 unspecified atom stereocenters. The molecule has 6 heteroatoms. The van der Waals surface area contributed by atoms with Crippen molar-refractivity contribution >= 4 is 0 Å². The summed E-state index contributed by atoms with van der Waals surface area (Å²) in [6.07, 6.45) is 1.36. The van der Waals surface area contributed by atoms with Gasteiger partial charge in [-0.05, 0) is 30.5 Å². The summed E-state index contributed by atoms with van der Waals surface area (Å²) in [4.78, 5) is 10.6. The Hall–Kier alpha value is -1.85. The van der Waals surface area contributed by atoms with Crippen LogP contribution in [0.25, 0.3) is 0 Å². The molecule has 1 saturated carbocycles.